The van der Waals surface area contributed by atoms with E-state index in [1.165, 1.54) is 56.9 Å². The van der Waals surface area contributed by atoms with Crippen LogP contribution in [0.3, 0.4) is 0 Å². The highest BCUT2D eigenvalue weighted by molar-refractivity contribution is 5.89. The summed E-state index contributed by atoms with van der Waals surface area (Å²) in [6.07, 6.45) is 11.6. The number of unbranched alkanes of at least 4 members (excludes halogenated alkanes) is 7. The Labute approximate surface area is 209 Å². The third-order valence-electron chi connectivity index (χ3n) is 5.46. The summed E-state index contributed by atoms with van der Waals surface area (Å²) in [5, 5.41) is 9.30. The van der Waals surface area contributed by atoms with E-state index < -0.39 is 17.6 Å². The minimum atomic E-state index is -0.540. The van der Waals surface area contributed by atoms with E-state index in [-0.39, 0.29) is 5.89 Å². The molecule has 194 valence electrons. The minimum Gasteiger partial charge on any atom is -0.444 e. The third kappa shape index (κ3) is 11.9. The largest absolute Gasteiger partial charge is 0.444 e. The van der Waals surface area contributed by atoms with E-state index in [4.69, 9.17) is 9.26 Å². The van der Waals surface area contributed by atoms with Gasteiger partial charge in [-0.05, 0) is 45.6 Å². The van der Waals surface area contributed by atoms with Crippen LogP contribution >= 0.6 is 0 Å². The highest BCUT2D eigenvalue weighted by Gasteiger charge is 2.17. The molecule has 0 unspecified atom stereocenters. The highest BCUT2D eigenvalue weighted by atomic mass is 16.6. The first-order valence-electron chi connectivity index (χ1n) is 13.0. The molecule has 0 saturated heterocycles. The molecule has 8 heteroatoms. The summed E-state index contributed by atoms with van der Waals surface area (Å²) in [5.41, 5.74) is 1.57. The van der Waals surface area contributed by atoms with Crippen molar-refractivity contribution in [3.05, 3.63) is 35.7 Å². The average Bonchev–Trinajstić information content (AvgIpc) is 3.30. The zero-order valence-electron chi connectivity index (χ0n) is 21.8. The number of carbonyl (C=O) groups is 2. The summed E-state index contributed by atoms with van der Waals surface area (Å²) < 4.78 is 10.3. The molecule has 1 heterocycles. The maximum absolute atomic E-state index is 12.3. The van der Waals surface area contributed by atoms with E-state index in [1.807, 2.05) is 12.1 Å². The van der Waals surface area contributed by atoms with Crippen LogP contribution in [0.5, 0.6) is 0 Å². The van der Waals surface area contributed by atoms with E-state index >= 15 is 0 Å². The average molecular weight is 487 g/mol. The molecule has 1 aromatic carbocycles. The Bertz CT molecular complexity index is 887. The van der Waals surface area contributed by atoms with Gasteiger partial charge in [0, 0.05) is 18.7 Å². The van der Waals surface area contributed by atoms with Crippen molar-refractivity contribution in [1.82, 2.24) is 20.8 Å². The monoisotopic (exact) mass is 486 g/mol. The number of hydrogen-bond acceptors (Lipinski definition) is 6. The molecule has 2 amide bonds. The highest BCUT2D eigenvalue weighted by Crippen LogP contribution is 2.18. The number of amides is 2. The summed E-state index contributed by atoms with van der Waals surface area (Å²) >= 11 is 0. The fourth-order valence-corrected chi connectivity index (χ4v) is 3.59. The predicted molar refractivity (Wildman–Crippen MR) is 137 cm³/mol. The lowest BCUT2D eigenvalue weighted by molar-refractivity contribution is 0.0527. The Kier molecular flexibility index (Phi) is 12.3. The molecule has 35 heavy (non-hydrogen) atoms. The van der Waals surface area contributed by atoms with Crippen LogP contribution in [0.4, 0.5) is 4.79 Å². The standard InChI is InChI=1S/C27H42N4O4/c1-5-6-7-8-9-10-11-12-14-21-15-17-22(18-16-21)23-30-25(35-31-23)24(32)28-19-13-20-29-26(33)34-27(2,3)4/h15-18H,5-14,19-20H2,1-4H3,(H,28,32)(H,29,33). The second-order valence-corrected chi connectivity index (χ2v) is 9.88. The van der Waals surface area contributed by atoms with Crippen molar-refractivity contribution >= 4 is 12.0 Å². The summed E-state index contributed by atoms with van der Waals surface area (Å²) in [6, 6.07) is 8.11. The van der Waals surface area contributed by atoms with Gasteiger partial charge in [0.25, 0.3) is 0 Å². The Balaban J connectivity index is 1.66. The van der Waals surface area contributed by atoms with Gasteiger partial charge in [-0.2, -0.15) is 4.98 Å². The molecule has 0 atom stereocenters. The van der Waals surface area contributed by atoms with Gasteiger partial charge in [-0.1, -0.05) is 81.3 Å². The molecular weight excluding hydrogens is 444 g/mol. The molecule has 0 aliphatic rings. The quantitative estimate of drug-likeness (QED) is 0.296. The summed E-state index contributed by atoms with van der Waals surface area (Å²) in [6.45, 7) is 8.40. The zero-order valence-corrected chi connectivity index (χ0v) is 21.8. The topological polar surface area (TPSA) is 106 Å². The second-order valence-electron chi connectivity index (χ2n) is 9.88. The zero-order chi connectivity index (χ0) is 25.5. The number of carbonyl (C=O) groups excluding carboxylic acids is 2. The molecule has 0 saturated carbocycles. The van der Waals surface area contributed by atoms with Crippen molar-refractivity contribution in [2.24, 2.45) is 0 Å². The molecular formula is C27H42N4O4. The number of hydrogen-bond donors (Lipinski definition) is 2. The first-order chi connectivity index (χ1) is 16.8. The van der Waals surface area contributed by atoms with Crippen LogP contribution in [0.2, 0.25) is 0 Å². The van der Waals surface area contributed by atoms with Crippen molar-refractivity contribution in [3.63, 3.8) is 0 Å². The van der Waals surface area contributed by atoms with E-state index in [0.29, 0.717) is 25.3 Å². The number of aromatic nitrogens is 2. The molecule has 2 aromatic rings. The summed E-state index contributed by atoms with van der Waals surface area (Å²) in [5.74, 6) is -0.129. The van der Waals surface area contributed by atoms with Crippen LogP contribution in [0.15, 0.2) is 28.8 Å². The van der Waals surface area contributed by atoms with E-state index in [2.05, 4.69) is 39.8 Å². The van der Waals surface area contributed by atoms with Crippen LogP contribution in [0, 0.1) is 0 Å². The van der Waals surface area contributed by atoms with Gasteiger partial charge >= 0.3 is 17.9 Å². The summed E-state index contributed by atoms with van der Waals surface area (Å²) in [7, 11) is 0. The number of ether oxygens (including phenoxy) is 1. The lowest BCUT2D eigenvalue weighted by Crippen LogP contribution is -2.34. The van der Waals surface area contributed by atoms with Gasteiger partial charge in [0.05, 0.1) is 0 Å². The van der Waals surface area contributed by atoms with Crippen LogP contribution in [0.25, 0.3) is 11.4 Å². The molecule has 1 aromatic heterocycles. The number of rotatable bonds is 15. The van der Waals surface area contributed by atoms with Gasteiger partial charge in [-0.3, -0.25) is 4.79 Å². The smallest absolute Gasteiger partial charge is 0.407 e. The van der Waals surface area contributed by atoms with Gasteiger partial charge in [-0.15, -0.1) is 0 Å². The minimum absolute atomic E-state index is 0.0804. The maximum Gasteiger partial charge on any atom is 0.407 e. The first-order valence-corrected chi connectivity index (χ1v) is 13.0. The Morgan fingerprint density at radius 3 is 2.17 bits per heavy atom. The fourth-order valence-electron chi connectivity index (χ4n) is 3.59. The van der Waals surface area contributed by atoms with Gasteiger partial charge in [0.15, 0.2) is 0 Å². The number of benzene rings is 1. The number of nitrogens with one attached hydrogen (secondary N) is 2. The van der Waals surface area contributed by atoms with E-state index in [9.17, 15) is 9.59 Å². The number of alkyl carbamates (subject to hydrolysis) is 1. The van der Waals surface area contributed by atoms with Gasteiger partial charge < -0.3 is 19.9 Å². The number of nitrogens with zero attached hydrogens (tertiary/aromatic N) is 2. The second kappa shape index (κ2) is 15.2. The molecule has 0 aliphatic heterocycles. The molecule has 0 radical (unpaired) electrons. The molecule has 0 fully saturated rings. The van der Waals surface area contributed by atoms with E-state index in [1.54, 1.807) is 20.8 Å². The van der Waals surface area contributed by atoms with Crippen LogP contribution < -0.4 is 10.6 Å². The van der Waals surface area contributed by atoms with Crippen molar-refractivity contribution in [1.29, 1.82) is 0 Å². The van der Waals surface area contributed by atoms with Crippen molar-refractivity contribution in [2.75, 3.05) is 13.1 Å². The first kappa shape index (κ1) is 28.3. The fraction of sp³-hybridized carbons (Fsp3) is 0.630. The molecule has 2 rings (SSSR count). The SMILES string of the molecule is CCCCCCCCCCc1ccc(-c2noc(C(=O)NCCCNC(=O)OC(C)(C)C)n2)cc1. The maximum atomic E-state index is 12.3. The van der Waals surface area contributed by atoms with Crippen LogP contribution in [-0.2, 0) is 11.2 Å². The van der Waals surface area contributed by atoms with E-state index in [0.717, 1.165) is 12.0 Å². The molecule has 0 bridgehead atoms. The Hall–Kier alpha value is -2.90. The predicted octanol–water partition coefficient (Wildman–Crippen LogP) is 6.06. The van der Waals surface area contributed by atoms with Gasteiger partial charge in [-0.25, -0.2) is 4.79 Å². The number of aryl methyl sites for hydroxylation is 1. The Morgan fingerprint density at radius 2 is 1.51 bits per heavy atom. The third-order valence-corrected chi connectivity index (χ3v) is 5.46. The lowest BCUT2D eigenvalue weighted by atomic mass is 10.0. The van der Waals surface area contributed by atoms with Gasteiger partial charge in [0.1, 0.15) is 5.60 Å². The van der Waals surface area contributed by atoms with Crippen LogP contribution in [0.1, 0.15) is 102 Å². The lowest BCUT2D eigenvalue weighted by Gasteiger charge is -2.19. The summed E-state index contributed by atoms with van der Waals surface area (Å²) in [4.78, 5) is 28.1. The van der Waals surface area contributed by atoms with Crippen molar-refractivity contribution in [3.8, 4) is 11.4 Å². The van der Waals surface area contributed by atoms with Crippen molar-refractivity contribution < 1.29 is 18.8 Å². The molecule has 0 aliphatic carbocycles. The molecule has 0 spiro atoms. The normalized spacial score (nSPS) is 11.3. The van der Waals surface area contributed by atoms with Crippen LogP contribution in [-0.4, -0.2) is 40.8 Å². The van der Waals surface area contributed by atoms with Gasteiger partial charge in [0.2, 0.25) is 5.82 Å². The van der Waals surface area contributed by atoms with Crippen molar-refractivity contribution in [2.45, 2.75) is 97.5 Å². The Morgan fingerprint density at radius 1 is 0.886 bits per heavy atom. The molecule has 8 nitrogen and oxygen atoms in total. The molecule has 2 N–H and O–H groups in total.